The van der Waals surface area contributed by atoms with E-state index in [0.717, 1.165) is 27.0 Å². The maximum atomic E-state index is 13.3. The van der Waals surface area contributed by atoms with E-state index in [4.69, 9.17) is 4.52 Å². The molecule has 10 heteroatoms. The second-order valence-electron chi connectivity index (χ2n) is 7.15. The number of carbonyl (C=O) groups excluding carboxylic acids is 1. The molecule has 0 aliphatic rings. The molecule has 0 aliphatic carbocycles. The summed E-state index contributed by atoms with van der Waals surface area (Å²) in [5, 5.41) is 15.8. The predicted molar refractivity (Wildman–Crippen MR) is 130 cm³/mol. The summed E-state index contributed by atoms with van der Waals surface area (Å²) in [6.07, 6.45) is 3.40. The number of urea groups is 1. The molecule has 0 fully saturated rings. The van der Waals surface area contributed by atoms with Gasteiger partial charge >= 0.3 is 6.03 Å². The summed E-state index contributed by atoms with van der Waals surface area (Å²) in [6, 6.07) is 17.7. The topological polar surface area (TPSA) is 104 Å². The highest BCUT2D eigenvalue weighted by Crippen LogP contribution is 2.30. The van der Waals surface area contributed by atoms with Crippen LogP contribution in [0.4, 0.5) is 16.2 Å². The Bertz CT molecular complexity index is 1420. The normalized spacial score (nSPS) is 10.9. The third-order valence-corrected chi connectivity index (χ3v) is 6.12. The second kappa shape index (κ2) is 8.93. The fraction of sp³-hybridized carbons (Fsp3) is 0.0435. The standard InChI is InChI=1S/C23H17N5O3S2/c29-21-12-19(31-27-21)15-1-3-16(4-2-15)25-22(30)28(13-14-7-9-24-10-8-14)17-5-6-18-20(11-17)33-23(32)26-18/h1-12H,13H2,(H,25,30)(H,26,32)(H,27,29). The van der Waals surface area contributed by atoms with Gasteiger partial charge in [0.1, 0.15) is 4.34 Å². The SMILES string of the molecule is O=C(Nc1ccc(-c2cc(O)no2)cc1)N(Cc1ccncc1)c1ccc2nc(S)sc2c1. The van der Waals surface area contributed by atoms with E-state index in [0.29, 0.717) is 22.3 Å². The van der Waals surface area contributed by atoms with Gasteiger partial charge in [-0.3, -0.25) is 9.88 Å². The van der Waals surface area contributed by atoms with Crippen molar-refractivity contribution in [2.24, 2.45) is 0 Å². The molecular weight excluding hydrogens is 458 g/mol. The lowest BCUT2D eigenvalue weighted by molar-refractivity contribution is 0.256. The minimum absolute atomic E-state index is 0.183. The Labute approximate surface area is 197 Å². The molecule has 0 radical (unpaired) electrons. The molecule has 8 nitrogen and oxygen atoms in total. The lowest BCUT2D eigenvalue weighted by Crippen LogP contribution is -2.34. The van der Waals surface area contributed by atoms with E-state index in [-0.39, 0.29) is 11.9 Å². The van der Waals surface area contributed by atoms with Crippen LogP contribution in [0.5, 0.6) is 5.88 Å². The number of hydrogen-bond acceptors (Lipinski definition) is 8. The minimum Gasteiger partial charge on any atom is -0.491 e. The number of nitrogens with zero attached hydrogens (tertiary/aromatic N) is 4. The van der Waals surface area contributed by atoms with Gasteiger partial charge in [-0.05, 0) is 65.3 Å². The lowest BCUT2D eigenvalue weighted by atomic mass is 10.1. The van der Waals surface area contributed by atoms with Crippen LogP contribution in [-0.2, 0) is 6.54 Å². The predicted octanol–water partition coefficient (Wildman–Crippen LogP) is 5.58. The Kier molecular flexibility index (Phi) is 5.68. The van der Waals surface area contributed by atoms with Crippen molar-refractivity contribution < 1.29 is 14.4 Å². The first-order chi connectivity index (χ1) is 16.0. The van der Waals surface area contributed by atoms with Gasteiger partial charge in [0.25, 0.3) is 5.88 Å². The molecule has 2 aromatic carbocycles. The molecule has 2 amide bonds. The zero-order chi connectivity index (χ0) is 22.8. The summed E-state index contributed by atoms with van der Waals surface area (Å²) in [5.74, 6) is 0.253. The molecule has 0 bridgehead atoms. The van der Waals surface area contributed by atoms with Crippen molar-refractivity contribution >= 4 is 51.6 Å². The number of thiol groups is 1. The van der Waals surface area contributed by atoms with Crippen molar-refractivity contribution in [2.45, 2.75) is 10.9 Å². The molecular formula is C23H17N5O3S2. The monoisotopic (exact) mass is 475 g/mol. The molecule has 0 atom stereocenters. The average Bonchev–Trinajstić information content (AvgIpc) is 3.42. The average molecular weight is 476 g/mol. The van der Waals surface area contributed by atoms with E-state index in [1.165, 1.54) is 17.4 Å². The van der Waals surface area contributed by atoms with Crippen LogP contribution in [0.2, 0.25) is 0 Å². The van der Waals surface area contributed by atoms with Crippen LogP contribution in [0.1, 0.15) is 5.56 Å². The van der Waals surface area contributed by atoms with E-state index in [2.05, 4.69) is 33.1 Å². The molecule has 0 unspecified atom stereocenters. The highest BCUT2D eigenvalue weighted by atomic mass is 32.2. The molecule has 0 spiro atoms. The number of nitrogens with one attached hydrogen (secondary N) is 1. The Morgan fingerprint density at radius 3 is 2.61 bits per heavy atom. The highest BCUT2D eigenvalue weighted by molar-refractivity contribution is 7.82. The number of fused-ring (bicyclic) bond motifs is 1. The van der Waals surface area contributed by atoms with E-state index in [1.807, 2.05) is 30.3 Å². The Morgan fingerprint density at radius 2 is 1.88 bits per heavy atom. The number of aromatic hydroxyl groups is 1. The van der Waals surface area contributed by atoms with E-state index in [1.54, 1.807) is 41.6 Å². The second-order valence-corrected chi connectivity index (χ2v) is 8.90. The Morgan fingerprint density at radius 1 is 1.09 bits per heavy atom. The lowest BCUT2D eigenvalue weighted by Gasteiger charge is -2.23. The minimum atomic E-state index is -0.285. The number of aromatic nitrogens is 3. The third-order valence-electron chi connectivity index (χ3n) is 4.93. The van der Waals surface area contributed by atoms with Gasteiger partial charge in [0.05, 0.1) is 16.8 Å². The molecule has 3 aromatic heterocycles. The largest absolute Gasteiger partial charge is 0.491 e. The molecule has 33 heavy (non-hydrogen) atoms. The van der Waals surface area contributed by atoms with E-state index >= 15 is 0 Å². The van der Waals surface area contributed by atoms with Gasteiger partial charge in [-0.2, -0.15) is 0 Å². The summed E-state index contributed by atoms with van der Waals surface area (Å²) in [4.78, 5) is 23.4. The van der Waals surface area contributed by atoms with Gasteiger partial charge in [-0.15, -0.1) is 24.0 Å². The Balaban J connectivity index is 1.42. The number of pyridine rings is 1. The zero-order valence-corrected chi connectivity index (χ0v) is 18.8. The van der Waals surface area contributed by atoms with Crippen LogP contribution < -0.4 is 10.2 Å². The van der Waals surface area contributed by atoms with Gasteiger partial charge in [-0.25, -0.2) is 9.78 Å². The first-order valence-electron chi connectivity index (χ1n) is 9.88. The van der Waals surface area contributed by atoms with Crippen LogP contribution >= 0.6 is 24.0 Å². The van der Waals surface area contributed by atoms with Crippen LogP contribution in [-0.4, -0.2) is 26.3 Å². The van der Waals surface area contributed by atoms with E-state index < -0.39 is 0 Å². The number of benzene rings is 2. The summed E-state index contributed by atoms with van der Waals surface area (Å²) in [7, 11) is 0. The quantitative estimate of drug-likeness (QED) is 0.287. The Hall–Kier alpha value is -3.89. The number of thiazole rings is 1. The molecule has 5 aromatic rings. The highest BCUT2D eigenvalue weighted by Gasteiger charge is 2.18. The number of amides is 2. The van der Waals surface area contributed by atoms with Gasteiger partial charge in [0.2, 0.25) is 0 Å². The summed E-state index contributed by atoms with van der Waals surface area (Å²) in [6.45, 7) is 0.363. The molecule has 3 heterocycles. The zero-order valence-electron chi connectivity index (χ0n) is 17.0. The first-order valence-corrected chi connectivity index (χ1v) is 11.1. The van der Waals surface area contributed by atoms with Gasteiger partial charge < -0.3 is 14.9 Å². The fourth-order valence-corrected chi connectivity index (χ4v) is 4.47. The van der Waals surface area contributed by atoms with Gasteiger partial charge in [0.15, 0.2) is 5.76 Å². The summed E-state index contributed by atoms with van der Waals surface area (Å²) in [5.41, 5.74) is 3.87. The van der Waals surface area contributed by atoms with Crippen LogP contribution in [0.25, 0.3) is 21.5 Å². The fourth-order valence-electron chi connectivity index (χ4n) is 3.33. The van der Waals surface area contributed by atoms with Crippen LogP contribution in [0.15, 0.2) is 81.9 Å². The number of hydrogen-bond donors (Lipinski definition) is 3. The van der Waals surface area contributed by atoms with Crippen molar-refractivity contribution in [3.63, 3.8) is 0 Å². The summed E-state index contributed by atoms with van der Waals surface area (Å²) >= 11 is 5.79. The molecule has 0 saturated carbocycles. The van der Waals surface area contributed by atoms with Gasteiger partial charge in [0, 0.05) is 35.4 Å². The molecule has 5 rings (SSSR count). The van der Waals surface area contributed by atoms with Crippen molar-refractivity contribution in [1.82, 2.24) is 15.1 Å². The molecule has 164 valence electrons. The first kappa shape index (κ1) is 21.0. The number of carbonyl (C=O) groups is 1. The van der Waals surface area contributed by atoms with Crippen molar-refractivity contribution in [1.29, 1.82) is 0 Å². The summed E-state index contributed by atoms with van der Waals surface area (Å²) < 4.78 is 6.68. The third kappa shape index (κ3) is 4.66. The van der Waals surface area contributed by atoms with Crippen molar-refractivity contribution in [3.05, 3.63) is 78.6 Å². The molecule has 2 N–H and O–H groups in total. The van der Waals surface area contributed by atoms with E-state index in [9.17, 15) is 9.90 Å². The smallest absolute Gasteiger partial charge is 0.326 e. The molecule has 0 saturated heterocycles. The van der Waals surface area contributed by atoms with Gasteiger partial charge in [-0.1, -0.05) is 0 Å². The number of rotatable bonds is 5. The maximum Gasteiger partial charge on any atom is 0.326 e. The molecule has 0 aliphatic heterocycles. The van der Waals surface area contributed by atoms with Crippen LogP contribution in [0, 0.1) is 0 Å². The van der Waals surface area contributed by atoms with Crippen LogP contribution in [0.3, 0.4) is 0 Å². The number of anilines is 2. The maximum absolute atomic E-state index is 13.3. The van der Waals surface area contributed by atoms with Crippen molar-refractivity contribution in [3.8, 4) is 17.2 Å². The van der Waals surface area contributed by atoms with Crippen molar-refractivity contribution in [2.75, 3.05) is 10.2 Å².